The largest absolute Gasteiger partial charge is 0.351 e. The van der Waals surface area contributed by atoms with E-state index in [1.54, 1.807) is 18.3 Å². The summed E-state index contributed by atoms with van der Waals surface area (Å²) >= 11 is 0. The number of nitrogens with one attached hydrogen (secondary N) is 1. The molecule has 22 heavy (non-hydrogen) atoms. The molecule has 2 heterocycles. The lowest BCUT2D eigenvalue weighted by Crippen LogP contribution is -2.31. The molecule has 2 rings (SSSR count). The summed E-state index contributed by atoms with van der Waals surface area (Å²) in [6, 6.07) is 6.06. The zero-order valence-corrected chi connectivity index (χ0v) is 12.6. The number of aromatic amines is 1. The molecule has 0 fully saturated rings. The molecule has 2 aromatic heterocycles. The number of aromatic nitrogens is 4. The first-order valence-corrected chi connectivity index (χ1v) is 6.92. The van der Waals surface area contributed by atoms with Crippen LogP contribution < -0.4 is 11.1 Å². The summed E-state index contributed by atoms with van der Waals surface area (Å²) in [5, 5.41) is 9.60. The molecule has 0 aliphatic carbocycles. The van der Waals surface area contributed by atoms with Gasteiger partial charge in [0.15, 0.2) is 6.29 Å². The highest BCUT2D eigenvalue weighted by molar-refractivity contribution is 4.84. The van der Waals surface area contributed by atoms with E-state index >= 15 is 0 Å². The molecule has 1 N–H and O–H groups in total. The van der Waals surface area contributed by atoms with Crippen molar-refractivity contribution in [3.63, 3.8) is 0 Å². The van der Waals surface area contributed by atoms with Gasteiger partial charge in [-0.1, -0.05) is 0 Å². The molecule has 0 amide bonds. The Balaban J connectivity index is 0.000000287. The van der Waals surface area contributed by atoms with Gasteiger partial charge in [0.2, 0.25) is 0 Å². The Morgan fingerprint density at radius 1 is 1.14 bits per heavy atom. The van der Waals surface area contributed by atoms with Crippen LogP contribution in [-0.4, -0.2) is 39.5 Å². The van der Waals surface area contributed by atoms with Gasteiger partial charge in [-0.05, 0) is 26.0 Å². The van der Waals surface area contributed by atoms with E-state index in [0.29, 0.717) is 19.8 Å². The number of rotatable bonds is 6. The van der Waals surface area contributed by atoms with Crippen LogP contribution in [0.3, 0.4) is 0 Å². The summed E-state index contributed by atoms with van der Waals surface area (Å²) in [7, 11) is 0. The van der Waals surface area contributed by atoms with Crippen molar-refractivity contribution in [3.05, 3.63) is 57.4 Å². The average Bonchev–Trinajstić information content (AvgIpc) is 2.51. The number of nitrogens with zero attached hydrogens (tertiary/aromatic N) is 3. The molecule has 8 heteroatoms. The van der Waals surface area contributed by atoms with Gasteiger partial charge in [0.1, 0.15) is 0 Å². The Morgan fingerprint density at radius 3 is 2.27 bits per heavy atom. The minimum Gasteiger partial charge on any atom is -0.351 e. The molecule has 120 valence electrons. The second-order valence-corrected chi connectivity index (χ2v) is 4.00. The number of hydrogen-bond acceptors (Lipinski definition) is 6. The van der Waals surface area contributed by atoms with Crippen LogP contribution in [0, 0.1) is 0 Å². The first kappa shape index (κ1) is 17.7. The van der Waals surface area contributed by atoms with Gasteiger partial charge in [-0.15, -0.1) is 0 Å². The highest BCUT2D eigenvalue weighted by Crippen LogP contribution is 1.97. The fourth-order valence-corrected chi connectivity index (χ4v) is 1.50. The molecule has 8 nitrogen and oxygen atoms in total. The lowest BCUT2D eigenvalue weighted by atomic mass is 10.5. The molecule has 0 radical (unpaired) electrons. The van der Waals surface area contributed by atoms with Crippen molar-refractivity contribution < 1.29 is 9.47 Å². The van der Waals surface area contributed by atoms with Crippen molar-refractivity contribution in [2.75, 3.05) is 13.2 Å². The Labute approximate surface area is 127 Å². The third kappa shape index (κ3) is 6.91. The maximum Gasteiger partial charge on any atom is 0.266 e. The van der Waals surface area contributed by atoms with E-state index in [2.05, 4.69) is 15.3 Å². The lowest BCUT2D eigenvalue weighted by molar-refractivity contribution is -0.145. The van der Waals surface area contributed by atoms with Crippen molar-refractivity contribution >= 4 is 0 Å². The van der Waals surface area contributed by atoms with E-state index in [4.69, 9.17) is 9.47 Å². The van der Waals surface area contributed by atoms with Crippen LogP contribution in [-0.2, 0) is 16.0 Å². The molecular weight excluding hydrogens is 288 g/mol. The SMILES string of the molecule is CCOC(Cn1ncccc1=O)OCC.O=c1cccn[nH]1. The van der Waals surface area contributed by atoms with Gasteiger partial charge in [-0.25, -0.2) is 9.78 Å². The van der Waals surface area contributed by atoms with Crippen molar-refractivity contribution in [1.82, 2.24) is 20.0 Å². The Bertz CT molecular complexity index is 617. The van der Waals surface area contributed by atoms with Crippen LogP contribution in [0.25, 0.3) is 0 Å². The van der Waals surface area contributed by atoms with Crippen molar-refractivity contribution in [2.24, 2.45) is 0 Å². The third-order valence-corrected chi connectivity index (χ3v) is 2.40. The summed E-state index contributed by atoms with van der Waals surface area (Å²) in [4.78, 5) is 21.5. The fourth-order valence-electron chi connectivity index (χ4n) is 1.50. The Hall–Kier alpha value is -2.32. The van der Waals surface area contributed by atoms with Crippen molar-refractivity contribution in [3.8, 4) is 0 Å². The number of ether oxygens (including phenoxy) is 2. The van der Waals surface area contributed by atoms with Crippen molar-refractivity contribution in [2.45, 2.75) is 26.7 Å². The van der Waals surface area contributed by atoms with E-state index in [1.165, 1.54) is 23.0 Å². The Morgan fingerprint density at radius 2 is 1.82 bits per heavy atom. The second-order valence-electron chi connectivity index (χ2n) is 4.00. The van der Waals surface area contributed by atoms with E-state index in [-0.39, 0.29) is 11.1 Å². The van der Waals surface area contributed by atoms with Crippen LogP contribution in [0.5, 0.6) is 0 Å². The van der Waals surface area contributed by atoms with E-state index in [9.17, 15) is 9.59 Å². The molecular formula is C14H20N4O4. The summed E-state index contributed by atoms with van der Waals surface area (Å²) in [6.45, 7) is 5.18. The van der Waals surface area contributed by atoms with Gasteiger partial charge in [-0.3, -0.25) is 9.59 Å². The predicted octanol–water partition coefficient (Wildman–Crippen LogP) is 0.412. The molecule has 0 aliphatic heterocycles. The fraction of sp³-hybridized carbons (Fsp3) is 0.429. The van der Waals surface area contributed by atoms with Gasteiger partial charge >= 0.3 is 0 Å². The molecule has 0 saturated heterocycles. The molecule has 0 saturated carbocycles. The summed E-state index contributed by atoms with van der Waals surface area (Å²) in [5.41, 5.74) is -0.315. The molecule has 0 aromatic carbocycles. The average molecular weight is 308 g/mol. The van der Waals surface area contributed by atoms with Crippen LogP contribution in [0.15, 0.2) is 46.2 Å². The van der Waals surface area contributed by atoms with Gasteiger partial charge in [0.25, 0.3) is 11.1 Å². The van der Waals surface area contributed by atoms with E-state index < -0.39 is 6.29 Å². The molecule has 0 unspecified atom stereocenters. The maximum absolute atomic E-state index is 11.4. The third-order valence-electron chi connectivity index (χ3n) is 2.40. The maximum atomic E-state index is 11.4. The number of hydrogen-bond donors (Lipinski definition) is 1. The van der Waals surface area contributed by atoms with Gasteiger partial charge < -0.3 is 9.47 Å². The predicted molar refractivity (Wildman–Crippen MR) is 80.4 cm³/mol. The molecule has 0 atom stereocenters. The molecule has 2 aromatic rings. The minimum atomic E-state index is -0.410. The standard InChI is InChI=1S/C10H16N2O3.C4H4N2O/c1-3-14-10(15-4-2)8-12-9(13)6-5-7-11-12;7-4-2-1-3-5-6-4/h5-7,10H,3-4,8H2,1-2H3;1-3H,(H,6,7). The van der Waals surface area contributed by atoms with Crippen LogP contribution >= 0.6 is 0 Å². The van der Waals surface area contributed by atoms with E-state index in [1.807, 2.05) is 13.8 Å². The van der Waals surface area contributed by atoms with Crippen LogP contribution in [0.4, 0.5) is 0 Å². The Kier molecular flexibility index (Phi) is 8.39. The normalized spacial score (nSPS) is 10.1. The molecule has 0 spiro atoms. The minimum absolute atomic E-state index is 0.151. The summed E-state index contributed by atoms with van der Waals surface area (Å²) in [5.74, 6) is 0. The highest BCUT2D eigenvalue weighted by atomic mass is 16.7. The summed E-state index contributed by atoms with van der Waals surface area (Å²) in [6.07, 6.45) is 2.67. The molecule has 0 aliphatic rings. The van der Waals surface area contributed by atoms with Gasteiger partial charge in [0, 0.05) is 37.7 Å². The van der Waals surface area contributed by atoms with E-state index in [0.717, 1.165) is 0 Å². The molecule has 0 bridgehead atoms. The quantitative estimate of drug-likeness (QED) is 0.776. The smallest absolute Gasteiger partial charge is 0.266 e. The number of H-pyrrole nitrogens is 1. The van der Waals surface area contributed by atoms with Crippen molar-refractivity contribution in [1.29, 1.82) is 0 Å². The topological polar surface area (TPSA) is 99.1 Å². The summed E-state index contributed by atoms with van der Waals surface area (Å²) < 4.78 is 12.0. The van der Waals surface area contributed by atoms with Crippen LogP contribution in [0.1, 0.15) is 13.8 Å². The van der Waals surface area contributed by atoms with Gasteiger partial charge in [-0.2, -0.15) is 10.2 Å². The van der Waals surface area contributed by atoms with Crippen LogP contribution in [0.2, 0.25) is 0 Å². The zero-order chi connectivity index (χ0) is 16.2. The zero-order valence-electron chi connectivity index (χ0n) is 12.6. The monoisotopic (exact) mass is 308 g/mol. The first-order valence-electron chi connectivity index (χ1n) is 6.92. The second kappa shape index (κ2) is 10.4. The van der Waals surface area contributed by atoms with Gasteiger partial charge in [0.05, 0.1) is 6.54 Å². The lowest BCUT2D eigenvalue weighted by Gasteiger charge is -2.16. The first-order chi connectivity index (χ1) is 10.7. The highest BCUT2D eigenvalue weighted by Gasteiger charge is 2.09.